The second kappa shape index (κ2) is 17.5. The zero-order chi connectivity index (χ0) is 21.6. The molecule has 0 bridgehead atoms. The van der Waals surface area contributed by atoms with E-state index in [0.717, 1.165) is 51.4 Å². The molecule has 0 saturated carbocycles. The van der Waals surface area contributed by atoms with Crippen LogP contribution in [0.5, 0.6) is 0 Å². The van der Waals surface area contributed by atoms with Crippen LogP contribution in [0.2, 0.25) is 0 Å². The Morgan fingerprint density at radius 2 is 1.31 bits per heavy atom. The van der Waals surface area contributed by atoms with E-state index >= 15 is 0 Å². The van der Waals surface area contributed by atoms with Gasteiger partial charge < -0.3 is 14.0 Å². The van der Waals surface area contributed by atoms with Crippen molar-refractivity contribution in [3.63, 3.8) is 0 Å². The molecule has 0 heterocycles. The maximum Gasteiger partial charge on any atom is 1.00 e. The molecule has 0 fully saturated rings. The maximum atomic E-state index is 12.1. The Bertz CT molecular complexity index is 551. The van der Waals surface area contributed by atoms with Crippen LogP contribution < -0.4 is 29.6 Å². The third-order valence-corrected chi connectivity index (χ3v) is 6.05. The molecule has 0 aromatic rings. The van der Waals surface area contributed by atoms with E-state index in [2.05, 4.69) is 13.8 Å². The molecule has 29 heavy (non-hydrogen) atoms. The molecule has 0 radical (unpaired) electrons. The molecule has 0 aromatic heterocycles. The standard InChI is InChI=1S/C20H38O7S.Na/c1-5-9-11-16(7-3)14-26-19(21)13-18(28(23,24)25)20(22)27-15-17(8-4)12-10-6-2;/h16-18H,5-15H2,1-4H3,(H,23,24,25);/q;+1/p-1/t16-,17+,18?;/m0./s1. The molecule has 9 heteroatoms. The van der Waals surface area contributed by atoms with Crippen molar-refractivity contribution in [2.45, 2.75) is 90.7 Å². The fraction of sp³-hybridized carbons (Fsp3) is 0.900. The second-order valence-electron chi connectivity index (χ2n) is 7.33. The normalized spacial score (nSPS) is 14.4. The Balaban J connectivity index is 0. The van der Waals surface area contributed by atoms with Crippen LogP contribution in [0.4, 0.5) is 0 Å². The topological polar surface area (TPSA) is 110 Å². The Kier molecular flexibility index (Phi) is 18.8. The van der Waals surface area contributed by atoms with Gasteiger partial charge in [0.05, 0.1) is 19.6 Å². The zero-order valence-corrected chi connectivity index (χ0v) is 21.6. The van der Waals surface area contributed by atoms with Crippen LogP contribution in [0.1, 0.15) is 85.5 Å². The molecule has 0 rings (SSSR count). The average Bonchev–Trinajstić information content (AvgIpc) is 2.65. The summed E-state index contributed by atoms with van der Waals surface area (Å²) in [7, 11) is -5.01. The Hall–Kier alpha value is -0.150. The molecule has 0 aliphatic heterocycles. The first-order valence-electron chi connectivity index (χ1n) is 10.5. The maximum absolute atomic E-state index is 12.1. The average molecular weight is 445 g/mol. The van der Waals surface area contributed by atoms with E-state index in [1.165, 1.54) is 0 Å². The Morgan fingerprint density at radius 3 is 1.69 bits per heavy atom. The fourth-order valence-electron chi connectivity index (χ4n) is 2.81. The minimum absolute atomic E-state index is 0. The molecule has 166 valence electrons. The summed E-state index contributed by atoms with van der Waals surface area (Å²) in [5.74, 6) is -1.74. The molecule has 0 aliphatic carbocycles. The number of carbonyl (C=O) groups is 2. The predicted molar refractivity (Wildman–Crippen MR) is 107 cm³/mol. The van der Waals surface area contributed by atoms with Crippen molar-refractivity contribution in [2.24, 2.45) is 11.8 Å². The third kappa shape index (κ3) is 14.5. The minimum Gasteiger partial charge on any atom is -0.747 e. The summed E-state index contributed by atoms with van der Waals surface area (Å²) in [6, 6.07) is 0. The van der Waals surface area contributed by atoms with Gasteiger partial charge in [-0.05, 0) is 24.7 Å². The van der Waals surface area contributed by atoms with Crippen LogP contribution in [-0.2, 0) is 29.2 Å². The number of hydrogen-bond donors (Lipinski definition) is 0. The van der Waals surface area contributed by atoms with Crippen molar-refractivity contribution < 1.29 is 61.6 Å². The quantitative estimate of drug-likeness (QED) is 0.197. The van der Waals surface area contributed by atoms with Crippen LogP contribution >= 0.6 is 0 Å². The summed E-state index contributed by atoms with van der Waals surface area (Å²) in [6.07, 6.45) is 6.58. The number of unbranched alkanes of at least 4 members (excludes halogenated alkanes) is 2. The van der Waals surface area contributed by atoms with E-state index in [9.17, 15) is 22.6 Å². The van der Waals surface area contributed by atoms with Gasteiger partial charge >= 0.3 is 41.5 Å². The summed E-state index contributed by atoms with van der Waals surface area (Å²) in [4.78, 5) is 24.1. The zero-order valence-electron chi connectivity index (χ0n) is 18.8. The van der Waals surface area contributed by atoms with Crippen molar-refractivity contribution in [1.29, 1.82) is 0 Å². The molecule has 0 aliphatic rings. The molecular weight excluding hydrogens is 407 g/mol. The summed E-state index contributed by atoms with van der Waals surface area (Å²) >= 11 is 0. The summed E-state index contributed by atoms with van der Waals surface area (Å²) in [5.41, 5.74) is 0. The second-order valence-corrected chi connectivity index (χ2v) is 8.89. The molecule has 0 amide bonds. The predicted octanol–water partition coefficient (Wildman–Crippen LogP) is 0.814. The van der Waals surface area contributed by atoms with Gasteiger partial charge in [0, 0.05) is 0 Å². The number of ether oxygens (including phenoxy) is 2. The van der Waals surface area contributed by atoms with Gasteiger partial charge in [0.15, 0.2) is 5.25 Å². The molecule has 0 spiro atoms. The first-order chi connectivity index (χ1) is 13.2. The van der Waals surface area contributed by atoms with Crippen LogP contribution in [0.25, 0.3) is 0 Å². The van der Waals surface area contributed by atoms with E-state index in [1.807, 2.05) is 13.8 Å². The van der Waals surface area contributed by atoms with Crippen molar-refractivity contribution in [1.82, 2.24) is 0 Å². The molecule has 3 atom stereocenters. The Labute approximate surface area is 198 Å². The number of rotatable bonds is 16. The van der Waals surface area contributed by atoms with Crippen LogP contribution in [0.3, 0.4) is 0 Å². The molecule has 0 saturated heterocycles. The van der Waals surface area contributed by atoms with Crippen molar-refractivity contribution in [3.05, 3.63) is 0 Å². The number of esters is 2. The SMILES string of the molecule is CCCC[C@@H](CC)COC(=O)C(CC(=O)OC[C@@H](CC)CCCC)S(=O)(=O)[O-].[Na+]. The van der Waals surface area contributed by atoms with Gasteiger partial charge in [0.2, 0.25) is 0 Å². The summed E-state index contributed by atoms with van der Waals surface area (Å²) < 4.78 is 44.6. The van der Waals surface area contributed by atoms with Gasteiger partial charge in [-0.1, -0.05) is 66.2 Å². The molecule has 0 aromatic carbocycles. The summed E-state index contributed by atoms with van der Waals surface area (Å²) in [6.45, 7) is 8.26. The van der Waals surface area contributed by atoms with Gasteiger partial charge in [-0.15, -0.1) is 0 Å². The first kappa shape index (κ1) is 31.0. The van der Waals surface area contributed by atoms with Crippen molar-refractivity contribution in [3.8, 4) is 0 Å². The minimum atomic E-state index is -5.01. The van der Waals surface area contributed by atoms with Crippen LogP contribution in [-0.4, -0.2) is 43.4 Å². The van der Waals surface area contributed by atoms with Crippen molar-refractivity contribution in [2.75, 3.05) is 13.2 Å². The van der Waals surface area contributed by atoms with E-state index in [4.69, 9.17) is 9.47 Å². The molecule has 7 nitrogen and oxygen atoms in total. The molecular formula is C20H37NaO7S. The summed E-state index contributed by atoms with van der Waals surface area (Å²) in [5, 5.41) is -2.06. The van der Waals surface area contributed by atoms with Gasteiger partial charge in [0.1, 0.15) is 10.1 Å². The van der Waals surface area contributed by atoms with E-state index in [1.54, 1.807) is 0 Å². The number of hydrogen-bond acceptors (Lipinski definition) is 7. The smallest absolute Gasteiger partial charge is 0.747 e. The van der Waals surface area contributed by atoms with Crippen LogP contribution in [0, 0.1) is 11.8 Å². The van der Waals surface area contributed by atoms with Crippen molar-refractivity contribution >= 4 is 22.1 Å². The third-order valence-electron chi connectivity index (χ3n) is 4.99. The van der Waals surface area contributed by atoms with Gasteiger partial charge in [0.25, 0.3) is 0 Å². The molecule has 1 unspecified atom stereocenters. The fourth-order valence-corrected chi connectivity index (χ4v) is 3.46. The van der Waals surface area contributed by atoms with Gasteiger partial charge in [-0.3, -0.25) is 9.59 Å². The van der Waals surface area contributed by atoms with Gasteiger partial charge in [-0.25, -0.2) is 8.42 Å². The Morgan fingerprint density at radius 1 is 0.862 bits per heavy atom. The number of carbonyl (C=O) groups excluding carboxylic acids is 2. The van der Waals surface area contributed by atoms with Gasteiger partial charge in [-0.2, -0.15) is 0 Å². The first-order valence-corrected chi connectivity index (χ1v) is 11.9. The van der Waals surface area contributed by atoms with Crippen LogP contribution in [0.15, 0.2) is 0 Å². The van der Waals surface area contributed by atoms with E-state index in [0.29, 0.717) is 0 Å². The monoisotopic (exact) mass is 444 g/mol. The van der Waals surface area contributed by atoms with E-state index in [-0.39, 0.29) is 54.6 Å². The molecule has 0 N–H and O–H groups in total. The largest absolute Gasteiger partial charge is 1.00 e. The van der Waals surface area contributed by atoms with E-state index < -0.39 is 33.7 Å².